The van der Waals surface area contributed by atoms with Crippen molar-refractivity contribution in [2.75, 3.05) is 6.61 Å². The Morgan fingerprint density at radius 3 is 2.71 bits per heavy atom. The molecule has 0 radical (unpaired) electrons. The van der Waals surface area contributed by atoms with Gasteiger partial charge in [0, 0.05) is 33.4 Å². The number of rotatable bonds is 6. The van der Waals surface area contributed by atoms with Gasteiger partial charge in [-0.3, -0.25) is 0 Å². The van der Waals surface area contributed by atoms with Gasteiger partial charge in [0.15, 0.2) is 0 Å². The standard InChI is InChI=1S/C17H22BrNOS/c1-17(2,3)19-12-13-11-14(18)6-7-16(13)20-9-8-15-5-4-10-21-15/h4-7,10-11,19H,8-9,12H2,1-3H3. The normalized spacial score (nSPS) is 11.6. The van der Waals surface area contributed by atoms with Crippen molar-refractivity contribution >= 4 is 27.3 Å². The average Bonchev–Trinajstić information content (AvgIpc) is 2.91. The number of nitrogens with one attached hydrogen (secondary N) is 1. The van der Waals surface area contributed by atoms with E-state index in [9.17, 15) is 0 Å². The van der Waals surface area contributed by atoms with Crippen LogP contribution in [0, 0.1) is 0 Å². The molecule has 4 heteroatoms. The number of ether oxygens (including phenoxy) is 1. The van der Waals surface area contributed by atoms with Gasteiger partial charge in [-0.15, -0.1) is 11.3 Å². The molecule has 114 valence electrons. The monoisotopic (exact) mass is 367 g/mol. The van der Waals surface area contributed by atoms with Crippen LogP contribution in [0.1, 0.15) is 31.2 Å². The number of hydrogen-bond donors (Lipinski definition) is 1. The summed E-state index contributed by atoms with van der Waals surface area (Å²) in [6, 6.07) is 10.4. The molecule has 1 aromatic heterocycles. The molecule has 0 fully saturated rings. The molecule has 1 aromatic carbocycles. The molecule has 0 aliphatic heterocycles. The second-order valence-electron chi connectivity index (χ2n) is 6.03. The molecule has 0 spiro atoms. The van der Waals surface area contributed by atoms with Crippen molar-refractivity contribution in [2.45, 2.75) is 39.3 Å². The number of halogens is 1. The summed E-state index contributed by atoms with van der Waals surface area (Å²) in [4.78, 5) is 1.36. The van der Waals surface area contributed by atoms with E-state index in [2.05, 4.69) is 65.6 Å². The highest BCUT2D eigenvalue weighted by atomic mass is 79.9. The third-order valence-corrected chi connectivity index (χ3v) is 4.45. The molecule has 2 nitrogen and oxygen atoms in total. The van der Waals surface area contributed by atoms with Crippen molar-refractivity contribution in [3.63, 3.8) is 0 Å². The highest BCUT2D eigenvalue weighted by Gasteiger charge is 2.11. The summed E-state index contributed by atoms with van der Waals surface area (Å²) in [5, 5.41) is 5.62. The molecule has 0 saturated carbocycles. The Hall–Kier alpha value is -0.840. The van der Waals surface area contributed by atoms with Gasteiger partial charge in [-0.05, 0) is 50.4 Å². The molecule has 1 N–H and O–H groups in total. The van der Waals surface area contributed by atoms with Crippen LogP contribution >= 0.6 is 27.3 Å². The molecule has 1 heterocycles. The SMILES string of the molecule is CC(C)(C)NCc1cc(Br)ccc1OCCc1cccs1. The zero-order valence-electron chi connectivity index (χ0n) is 12.8. The van der Waals surface area contributed by atoms with Crippen LogP contribution in [0.4, 0.5) is 0 Å². The first-order valence-corrected chi connectivity index (χ1v) is 8.80. The molecule has 0 saturated heterocycles. The van der Waals surface area contributed by atoms with E-state index in [1.165, 1.54) is 10.4 Å². The Morgan fingerprint density at radius 2 is 2.05 bits per heavy atom. The zero-order valence-corrected chi connectivity index (χ0v) is 15.2. The molecule has 0 bridgehead atoms. The Kier molecular flexibility index (Phi) is 5.85. The van der Waals surface area contributed by atoms with Gasteiger partial charge in [-0.1, -0.05) is 22.0 Å². The highest BCUT2D eigenvalue weighted by Crippen LogP contribution is 2.24. The Labute approximate surface area is 139 Å². The van der Waals surface area contributed by atoms with E-state index in [0.717, 1.165) is 23.2 Å². The van der Waals surface area contributed by atoms with Crippen molar-refractivity contribution in [3.05, 3.63) is 50.6 Å². The topological polar surface area (TPSA) is 21.3 Å². The Morgan fingerprint density at radius 1 is 1.24 bits per heavy atom. The lowest BCUT2D eigenvalue weighted by Gasteiger charge is -2.22. The van der Waals surface area contributed by atoms with E-state index in [1.807, 2.05) is 12.1 Å². The molecule has 0 aliphatic rings. The molecule has 2 aromatic rings. The molecule has 0 aliphatic carbocycles. The van der Waals surface area contributed by atoms with Gasteiger partial charge in [0.1, 0.15) is 5.75 Å². The maximum absolute atomic E-state index is 5.98. The summed E-state index contributed by atoms with van der Waals surface area (Å²) < 4.78 is 7.06. The number of hydrogen-bond acceptors (Lipinski definition) is 3. The Balaban J connectivity index is 1.97. The van der Waals surface area contributed by atoms with Crippen LogP contribution in [-0.4, -0.2) is 12.1 Å². The second-order valence-corrected chi connectivity index (χ2v) is 7.98. The summed E-state index contributed by atoms with van der Waals surface area (Å²) in [7, 11) is 0. The van der Waals surface area contributed by atoms with Crippen LogP contribution in [0.25, 0.3) is 0 Å². The van der Waals surface area contributed by atoms with Gasteiger partial charge in [0.05, 0.1) is 6.61 Å². The average molecular weight is 368 g/mol. The van der Waals surface area contributed by atoms with Gasteiger partial charge < -0.3 is 10.1 Å². The van der Waals surface area contributed by atoms with Crippen molar-refractivity contribution in [1.82, 2.24) is 5.32 Å². The van der Waals surface area contributed by atoms with Crippen molar-refractivity contribution in [3.8, 4) is 5.75 Å². The van der Waals surface area contributed by atoms with Gasteiger partial charge in [0.25, 0.3) is 0 Å². The number of benzene rings is 1. The minimum Gasteiger partial charge on any atom is -0.493 e. The van der Waals surface area contributed by atoms with Crippen molar-refractivity contribution in [1.29, 1.82) is 0 Å². The molecule has 0 amide bonds. The fourth-order valence-electron chi connectivity index (χ4n) is 1.90. The van der Waals surface area contributed by atoms with Crippen LogP contribution in [0.2, 0.25) is 0 Å². The largest absolute Gasteiger partial charge is 0.493 e. The summed E-state index contributed by atoms with van der Waals surface area (Å²) in [6.07, 6.45) is 0.958. The third-order valence-electron chi connectivity index (χ3n) is 3.02. The van der Waals surface area contributed by atoms with Gasteiger partial charge in [-0.25, -0.2) is 0 Å². The lowest BCUT2D eigenvalue weighted by molar-refractivity contribution is 0.316. The van der Waals surface area contributed by atoms with E-state index < -0.39 is 0 Å². The minimum atomic E-state index is 0.0938. The maximum Gasteiger partial charge on any atom is 0.123 e. The fraction of sp³-hybridized carbons (Fsp3) is 0.412. The smallest absolute Gasteiger partial charge is 0.123 e. The minimum absolute atomic E-state index is 0.0938. The lowest BCUT2D eigenvalue weighted by Crippen LogP contribution is -2.35. The number of thiophene rings is 1. The summed E-state index contributed by atoms with van der Waals surface area (Å²) in [6.45, 7) is 8.02. The third kappa shape index (κ3) is 5.81. The quantitative estimate of drug-likeness (QED) is 0.773. The molecular formula is C17H22BrNOS. The van der Waals surface area contributed by atoms with E-state index in [1.54, 1.807) is 11.3 Å². The zero-order chi connectivity index (χ0) is 15.3. The summed E-state index contributed by atoms with van der Waals surface area (Å²) >= 11 is 5.31. The maximum atomic E-state index is 5.98. The van der Waals surface area contributed by atoms with Gasteiger partial charge in [-0.2, -0.15) is 0 Å². The van der Waals surface area contributed by atoms with Crippen LogP contribution in [0.3, 0.4) is 0 Å². The van der Waals surface area contributed by atoms with Crippen LogP contribution < -0.4 is 10.1 Å². The first-order chi connectivity index (χ1) is 9.94. The predicted molar refractivity (Wildman–Crippen MR) is 94.3 cm³/mol. The van der Waals surface area contributed by atoms with Crippen LogP contribution in [-0.2, 0) is 13.0 Å². The predicted octanol–water partition coefficient (Wildman–Crippen LogP) is 5.02. The molecule has 2 rings (SSSR count). The van der Waals surface area contributed by atoms with E-state index in [-0.39, 0.29) is 5.54 Å². The Bertz CT molecular complexity index is 561. The first kappa shape index (κ1) is 16.5. The van der Waals surface area contributed by atoms with Crippen molar-refractivity contribution in [2.24, 2.45) is 0 Å². The van der Waals surface area contributed by atoms with Crippen LogP contribution in [0.15, 0.2) is 40.2 Å². The summed E-state index contributed by atoms with van der Waals surface area (Å²) in [5.74, 6) is 0.964. The molecular weight excluding hydrogens is 346 g/mol. The van der Waals surface area contributed by atoms with E-state index in [4.69, 9.17) is 4.74 Å². The second kappa shape index (κ2) is 7.43. The fourth-order valence-corrected chi connectivity index (χ4v) is 3.00. The molecule has 0 atom stereocenters. The molecule has 0 unspecified atom stereocenters. The van der Waals surface area contributed by atoms with Gasteiger partial charge >= 0.3 is 0 Å². The van der Waals surface area contributed by atoms with E-state index >= 15 is 0 Å². The lowest BCUT2D eigenvalue weighted by atomic mass is 10.1. The van der Waals surface area contributed by atoms with E-state index in [0.29, 0.717) is 6.61 Å². The highest BCUT2D eigenvalue weighted by molar-refractivity contribution is 9.10. The first-order valence-electron chi connectivity index (χ1n) is 7.13. The van der Waals surface area contributed by atoms with Crippen LogP contribution in [0.5, 0.6) is 5.75 Å². The molecule has 21 heavy (non-hydrogen) atoms. The van der Waals surface area contributed by atoms with Crippen molar-refractivity contribution < 1.29 is 4.74 Å². The summed E-state index contributed by atoms with van der Waals surface area (Å²) in [5.41, 5.74) is 1.28. The van der Waals surface area contributed by atoms with Gasteiger partial charge in [0.2, 0.25) is 0 Å².